The van der Waals surface area contributed by atoms with E-state index < -0.39 is 11.6 Å². The Morgan fingerprint density at radius 2 is 1.16 bits per heavy atom. The van der Waals surface area contributed by atoms with Crippen LogP contribution in [-0.4, -0.2) is 6.61 Å². The van der Waals surface area contributed by atoms with E-state index >= 15 is 0 Å². The van der Waals surface area contributed by atoms with Gasteiger partial charge < -0.3 is 4.74 Å². The molecule has 0 N–H and O–H groups in total. The summed E-state index contributed by atoms with van der Waals surface area (Å²) < 4.78 is 31.5. The summed E-state index contributed by atoms with van der Waals surface area (Å²) in [5, 5.41) is 0. The summed E-state index contributed by atoms with van der Waals surface area (Å²) in [7, 11) is 0. The summed E-state index contributed by atoms with van der Waals surface area (Å²) in [5.74, 6) is -1.04. The predicted octanol–water partition coefficient (Wildman–Crippen LogP) is 7.82. The molecule has 25 heavy (non-hydrogen) atoms. The van der Waals surface area contributed by atoms with Crippen LogP contribution in [0.25, 0.3) is 0 Å². The van der Waals surface area contributed by atoms with Crippen molar-refractivity contribution in [3.63, 3.8) is 0 Å². The molecule has 1 aromatic rings. The van der Waals surface area contributed by atoms with Crippen molar-refractivity contribution in [2.24, 2.45) is 0 Å². The normalized spacial score (nSPS) is 11.0. The SMILES string of the molecule is CCCCCCCCCCCCCCCCOc1ccc(F)cc1F. The fourth-order valence-corrected chi connectivity index (χ4v) is 3.07. The van der Waals surface area contributed by atoms with Gasteiger partial charge in [-0.2, -0.15) is 0 Å². The first-order valence-electron chi connectivity index (χ1n) is 10.3. The van der Waals surface area contributed by atoms with E-state index in [0.717, 1.165) is 18.9 Å². The van der Waals surface area contributed by atoms with Gasteiger partial charge in [0, 0.05) is 6.07 Å². The van der Waals surface area contributed by atoms with Gasteiger partial charge in [-0.25, -0.2) is 8.78 Å². The van der Waals surface area contributed by atoms with Crippen LogP contribution in [0.1, 0.15) is 96.8 Å². The average Bonchev–Trinajstić information content (AvgIpc) is 2.60. The first-order chi connectivity index (χ1) is 12.2. The Morgan fingerprint density at radius 3 is 1.64 bits per heavy atom. The standard InChI is InChI=1S/C22H36F2O/c1-2-3-4-5-6-7-8-9-10-11-12-13-14-15-18-25-22-17-16-20(23)19-21(22)24/h16-17,19H,2-15,18H2,1H3. The lowest BCUT2D eigenvalue weighted by Crippen LogP contribution is -1.99. The van der Waals surface area contributed by atoms with E-state index in [-0.39, 0.29) is 5.75 Å². The minimum atomic E-state index is -0.620. The Hall–Kier alpha value is -1.12. The molecule has 0 heterocycles. The van der Waals surface area contributed by atoms with Gasteiger partial charge in [-0.05, 0) is 18.6 Å². The minimum Gasteiger partial charge on any atom is -0.491 e. The number of hydrogen-bond donors (Lipinski definition) is 0. The maximum Gasteiger partial charge on any atom is 0.167 e. The molecule has 0 amide bonds. The van der Waals surface area contributed by atoms with Gasteiger partial charge in [0.15, 0.2) is 11.6 Å². The van der Waals surface area contributed by atoms with Crippen molar-refractivity contribution in [2.75, 3.05) is 6.61 Å². The van der Waals surface area contributed by atoms with Crippen molar-refractivity contribution in [1.29, 1.82) is 0 Å². The van der Waals surface area contributed by atoms with E-state index in [1.807, 2.05) is 0 Å². The molecule has 0 saturated heterocycles. The molecule has 0 spiro atoms. The molecule has 0 bridgehead atoms. The molecular formula is C22H36F2O. The van der Waals surface area contributed by atoms with Crippen LogP contribution in [0.3, 0.4) is 0 Å². The van der Waals surface area contributed by atoms with E-state index in [1.165, 1.54) is 89.2 Å². The third-order valence-corrected chi connectivity index (χ3v) is 4.65. The van der Waals surface area contributed by atoms with Crippen LogP contribution in [0.2, 0.25) is 0 Å². The number of hydrogen-bond acceptors (Lipinski definition) is 1. The molecular weight excluding hydrogens is 318 g/mol. The highest BCUT2D eigenvalue weighted by Gasteiger charge is 2.04. The van der Waals surface area contributed by atoms with Crippen molar-refractivity contribution >= 4 is 0 Å². The molecule has 0 fully saturated rings. The summed E-state index contributed by atoms with van der Waals surface area (Å²) >= 11 is 0. The highest BCUT2D eigenvalue weighted by Crippen LogP contribution is 2.18. The van der Waals surface area contributed by atoms with Gasteiger partial charge in [-0.15, -0.1) is 0 Å². The first-order valence-corrected chi connectivity index (χ1v) is 10.3. The molecule has 0 aliphatic rings. The molecule has 0 atom stereocenters. The zero-order valence-corrected chi connectivity index (χ0v) is 16.0. The quantitative estimate of drug-likeness (QED) is 0.275. The highest BCUT2D eigenvalue weighted by molar-refractivity contribution is 5.24. The summed E-state index contributed by atoms with van der Waals surface area (Å²) in [6, 6.07) is 3.44. The van der Waals surface area contributed by atoms with Crippen LogP contribution in [-0.2, 0) is 0 Å². The maximum atomic E-state index is 13.4. The van der Waals surface area contributed by atoms with Crippen LogP contribution >= 0.6 is 0 Å². The van der Waals surface area contributed by atoms with Gasteiger partial charge >= 0.3 is 0 Å². The number of ether oxygens (including phenoxy) is 1. The van der Waals surface area contributed by atoms with Crippen molar-refractivity contribution in [3.05, 3.63) is 29.8 Å². The molecule has 0 radical (unpaired) electrons. The van der Waals surface area contributed by atoms with Gasteiger partial charge in [0.25, 0.3) is 0 Å². The van der Waals surface area contributed by atoms with Crippen molar-refractivity contribution in [2.45, 2.75) is 96.8 Å². The Labute approximate surface area is 153 Å². The third kappa shape index (κ3) is 12.0. The van der Waals surface area contributed by atoms with Gasteiger partial charge in [0.2, 0.25) is 0 Å². The van der Waals surface area contributed by atoms with Crippen LogP contribution < -0.4 is 4.74 Å². The van der Waals surface area contributed by atoms with Crippen LogP contribution in [0.15, 0.2) is 18.2 Å². The summed E-state index contributed by atoms with van der Waals surface area (Å²) in [5.41, 5.74) is 0. The van der Waals surface area contributed by atoms with Gasteiger partial charge in [-0.3, -0.25) is 0 Å². The van der Waals surface area contributed by atoms with E-state index in [9.17, 15) is 8.78 Å². The van der Waals surface area contributed by atoms with E-state index in [4.69, 9.17) is 4.74 Å². The maximum absolute atomic E-state index is 13.4. The molecule has 1 rings (SSSR count). The fourth-order valence-electron chi connectivity index (χ4n) is 3.07. The zero-order chi connectivity index (χ0) is 18.2. The van der Waals surface area contributed by atoms with Gasteiger partial charge in [0.05, 0.1) is 6.61 Å². The lowest BCUT2D eigenvalue weighted by Gasteiger charge is -2.07. The van der Waals surface area contributed by atoms with Gasteiger partial charge in [0.1, 0.15) is 5.82 Å². The molecule has 144 valence electrons. The smallest absolute Gasteiger partial charge is 0.167 e. The Morgan fingerprint density at radius 1 is 0.680 bits per heavy atom. The number of halogens is 2. The summed E-state index contributed by atoms with van der Waals surface area (Å²) in [6.07, 6.45) is 18.3. The van der Waals surface area contributed by atoms with Crippen LogP contribution in [0, 0.1) is 11.6 Å². The summed E-state index contributed by atoms with van der Waals surface area (Å²) in [4.78, 5) is 0. The Balaban J connectivity index is 1.81. The minimum absolute atomic E-state index is 0.149. The molecule has 0 aromatic heterocycles. The van der Waals surface area contributed by atoms with Crippen molar-refractivity contribution in [3.8, 4) is 5.75 Å². The molecule has 1 nitrogen and oxygen atoms in total. The fraction of sp³-hybridized carbons (Fsp3) is 0.727. The summed E-state index contributed by atoms with van der Waals surface area (Å²) in [6.45, 7) is 2.76. The van der Waals surface area contributed by atoms with Crippen molar-refractivity contribution in [1.82, 2.24) is 0 Å². The number of unbranched alkanes of at least 4 members (excludes halogenated alkanes) is 13. The zero-order valence-electron chi connectivity index (χ0n) is 16.0. The molecule has 0 unspecified atom stereocenters. The van der Waals surface area contributed by atoms with Gasteiger partial charge in [-0.1, -0.05) is 90.4 Å². The largest absolute Gasteiger partial charge is 0.491 e. The first kappa shape index (κ1) is 21.9. The lowest BCUT2D eigenvalue weighted by molar-refractivity contribution is 0.289. The van der Waals surface area contributed by atoms with Crippen LogP contribution in [0.5, 0.6) is 5.75 Å². The predicted molar refractivity (Wildman–Crippen MR) is 102 cm³/mol. The Bertz CT molecular complexity index is 434. The second-order valence-corrected chi connectivity index (χ2v) is 7.02. The second-order valence-electron chi connectivity index (χ2n) is 7.02. The monoisotopic (exact) mass is 354 g/mol. The van der Waals surface area contributed by atoms with E-state index in [0.29, 0.717) is 6.61 Å². The van der Waals surface area contributed by atoms with Crippen molar-refractivity contribution < 1.29 is 13.5 Å². The molecule has 1 aromatic carbocycles. The topological polar surface area (TPSA) is 9.23 Å². The average molecular weight is 355 g/mol. The van der Waals surface area contributed by atoms with E-state index in [2.05, 4.69) is 6.92 Å². The highest BCUT2D eigenvalue weighted by atomic mass is 19.1. The number of rotatable bonds is 16. The molecule has 0 aliphatic carbocycles. The molecule has 0 aliphatic heterocycles. The lowest BCUT2D eigenvalue weighted by atomic mass is 10.0. The third-order valence-electron chi connectivity index (χ3n) is 4.65. The second kappa shape index (κ2) is 15.2. The number of benzene rings is 1. The van der Waals surface area contributed by atoms with Crippen LogP contribution in [0.4, 0.5) is 8.78 Å². The molecule has 0 saturated carbocycles. The Kier molecular flexibility index (Phi) is 13.3. The molecule has 3 heteroatoms. The van der Waals surface area contributed by atoms with E-state index in [1.54, 1.807) is 0 Å².